The molecule has 0 radical (unpaired) electrons. The molecule has 3 aromatic rings. The second-order valence-electron chi connectivity index (χ2n) is 10.3. The van der Waals surface area contributed by atoms with Crippen molar-refractivity contribution >= 4 is 21.6 Å². The van der Waals surface area contributed by atoms with E-state index in [1.165, 1.54) is 4.31 Å². The van der Waals surface area contributed by atoms with E-state index in [-0.39, 0.29) is 30.0 Å². The third-order valence-electron chi connectivity index (χ3n) is 6.26. The number of nitrogens with one attached hydrogen (secondary N) is 1. The van der Waals surface area contributed by atoms with E-state index >= 15 is 0 Å². The van der Waals surface area contributed by atoms with E-state index in [1.807, 2.05) is 50.2 Å². The average Bonchev–Trinajstić information content (AvgIpc) is 2.85. The van der Waals surface area contributed by atoms with Gasteiger partial charge in [-0.2, -0.15) is 0 Å². The minimum atomic E-state index is -3.94. The van der Waals surface area contributed by atoms with Crippen molar-refractivity contribution in [3.63, 3.8) is 0 Å². The van der Waals surface area contributed by atoms with Crippen molar-refractivity contribution in [3.8, 4) is 11.5 Å². The SMILES string of the molecule is Cc1ccc(S(=O)(=O)N2CC(C(=O)NCCOc3cccc(C)c3)Oc3ccc(C(C)(C)C)cc32)cc1. The van der Waals surface area contributed by atoms with E-state index in [0.29, 0.717) is 11.4 Å². The first-order chi connectivity index (χ1) is 17.4. The van der Waals surface area contributed by atoms with Gasteiger partial charge in [0.2, 0.25) is 0 Å². The van der Waals surface area contributed by atoms with Gasteiger partial charge in [-0.25, -0.2) is 8.42 Å². The Morgan fingerprint density at radius 3 is 2.43 bits per heavy atom. The number of sulfonamides is 1. The first kappa shape index (κ1) is 26.5. The summed E-state index contributed by atoms with van der Waals surface area (Å²) in [6.07, 6.45) is -1.01. The Morgan fingerprint density at radius 2 is 1.76 bits per heavy atom. The molecule has 0 bridgehead atoms. The maximum atomic E-state index is 13.8. The predicted octanol–water partition coefficient (Wildman–Crippen LogP) is 4.75. The van der Waals surface area contributed by atoms with Crippen molar-refractivity contribution in [1.82, 2.24) is 5.32 Å². The summed E-state index contributed by atoms with van der Waals surface area (Å²) < 4.78 is 40.5. The first-order valence-electron chi connectivity index (χ1n) is 12.3. The number of carbonyl (C=O) groups excluding carboxylic acids is 1. The van der Waals surface area contributed by atoms with Gasteiger partial charge in [-0.3, -0.25) is 9.10 Å². The molecule has 0 saturated carbocycles. The molecule has 1 N–H and O–H groups in total. The normalized spacial score (nSPS) is 15.5. The van der Waals surface area contributed by atoms with Crippen LogP contribution in [0.2, 0.25) is 0 Å². The Labute approximate surface area is 219 Å². The van der Waals surface area contributed by atoms with Crippen LogP contribution in [-0.4, -0.2) is 40.1 Å². The number of nitrogens with zero attached hydrogens (tertiary/aromatic N) is 1. The monoisotopic (exact) mass is 522 g/mol. The number of anilines is 1. The Morgan fingerprint density at radius 1 is 1.03 bits per heavy atom. The molecule has 3 aromatic carbocycles. The van der Waals surface area contributed by atoms with Gasteiger partial charge >= 0.3 is 0 Å². The molecule has 7 nitrogen and oxygen atoms in total. The molecule has 4 rings (SSSR count). The highest BCUT2D eigenvalue weighted by molar-refractivity contribution is 7.92. The lowest BCUT2D eigenvalue weighted by atomic mass is 9.86. The second-order valence-corrected chi connectivity index (χ2v) is 12.2. The van der Waals surface area contributed by atoms with Gasteiger partial charge in [0, 0.05) is 0 Å². The third-order valence-corrected chi connectivity index (χ3v) is 8.05. The van der Waals surface area contributed by atoms with E-state index in [4.69, 9.17) is 9.47 Å². The van der Waals surface area contributed by atoms with Gasteiger partial charge in [-0.1, -0.05) is 56.7 Å². The minimum absolute atomic E-state index is 0.138. The highest BCUT2D eigenvalue weighted by atomic mass is 32.2. The molecule has 0 aromatic heterocycles. The molecule has 37 heavy (non-hydrogen) atoms. The second kappa shape index (κ2) is 10.5. The number of hydrogen-bond acceptors (Lipinski definition) is 5. The molecule has 1 unspecified atom stereocenters. The summed E-state index contributed by atoms with van der Waals surface area (Å²) in [5.41, 5.74) is 3.25. The Bertz CT molecular complexity index is 1380. The van der Waals surface area contributed by atoms with Crippen LogP contribution < -0.4 is 19.1 Å². The van der Waals surface area contributed by atoms with Crippen molar-refractivity contribution < 1.29 is 22.7 Å². The van der Waals surface area contributed by atoms with Gasteiger partial charge in [0.05, 0.1) is 23.7 Å². The number of carbonyl (C=O) groups is 1. The molecule has 0 aliphatic carbocycles. The largest absolute Gasteiger partial charge is 0.492 e. The van der Waals surface area contributed by atoms with Crippen LogP contribution in [0, 0.1) is 13.8 Å². The van der Waals surface area contributed by atoms with Crippen LogP contribution in [0.25, 0.3) is 0 Å². The molecule has 1 atom stereocenters. The fraction of sp³-hybridized carbons (Fsp3) is 0.345. The average molecular weight is 523 g/mol. The van der Waals surface area contributed by atoms with Crippen LogP contribution in [0.1, 0.15) is 37.5 Å². The summed E-state index contributed by atoms with van der Waals surface area (Å²) >= 11 is 0. The lowest BCUT2D eigenvalue weighted by Gasteiger charge is -2.36. The molecule has 196 valence electrons. The summed E-state index contributed by atoms with van der Waals surface area (Å²) in [5.74, 6) is 0.677. The Balaban J connectivity index is 1.56. The van der Waals surface area contributed by atoms with Gasteiger partial charge in [0.1, 0.15) is 18.1 Å². The summed E-state index contributed by atoms with van der Waals surface area (Å²) in [5, 5.41) is 2.81. The highest BCUT2D eigenvalue weighted by Crippen LogP contribution is 2.40. The smallest absolute Gasteiger partial charge is 0.264 e. The van der Waals surface area contributed by atoms with E-state index in [0.717, 1.165) is 22.4 Å². The molecular formula is C29H34N2O5S. The number of rotatable bonds is 7. The molecule has 1 aliphatic heterocycles. The summed E-state index contributed by atoms with van der Waals surface area (Å²) in [6, 6.07) is 19.9. The molecular weight excluding hydrogens is 488 g/mol. The molecule has 0 spiro atoms. The van der Waals surface area contributed by atoms with E-state index < -0.39 is 22.0 Å². The number of hydrogen-bond donors (Lipinski definition) is 1. The zero-order valence-electron chi connectivity index (χ0n) is 21.9. The first-order valence-corrected chi connectivity index (χ1v) is 13.8. The van der Waals surface area contributed by atoms with Crippen molar-refractivity contribution in [2.24, 2.45) is 0 Å². The zero-order chi connectivity index (χ0) is 26.8. The Kier molecular flexibility index (Phi) is 7.50. The number of fused-ring (bicyclic) bond motifs is 1. The van der Waals surface area contributed by atoms with Gasteiger partial charge in [0.15, 0.2) is 6.10 Å². The van der Waals surface area contributed by atoms with Gasteiger partial charge in [-0.05, 0) is 66.8 Å². The summed E-state index contributed by atoms with van der Waals surface area (Å²) in [6.45, 7) is 10.5. The van der Waals surface area contributed by atoms with Crippen LogP contribution in [0.3, 0.4) is 0 Å². The maximum Gasteiger partial charge on any atom is 0.264 e. The van der Waals surface area contributed by atoms with Crippen LogP contribution in [0.15, 0.2) is 71.6 Å². The van der Waals surface area contributed by atoms with Crippen LogP contribution >= 0.6 is 0 Å². The number of benzene rings is 3. The molecule has 1 amide bonds. The molecule has 1 aliphatic rings. The number of ether oxygens (including phenoxy) is 2. The van der Waals surface area contributed by atoms with Crippen molar-refractivity contribution in [1.29, 1.82) is 0 Å². The predicted molar refractivity (Wildman–Crippen MR) is 145 cm³/mol. The lowest BCUT2D eigenvalue weighted by molar-refractivity contribution is -0.127. The third kappa shape index (κ3) is 6.07. The quantitative estimate of drug-likeness (QED) is 0.453. The van der Waals surface area contributed by atoms with Gasteiger partial charge < -0.3 is 14.8 Å². The highest BCUT2D eigenvalue weighted by Gasteiger charge is 2.38. The molecule has 8 heteroatoms. The van der Waals surface area contributed by atoms with Gasteiger partial charge in [-0.15, -0.1) is 0 Å². The number of amides is 1. The summed E-state index contributed by atoms with van der Waals surface area (Å²) in [7, 11) is -3.94. The van der Waals surface area contributed by atoms with E-state index in [9.17, 15) is 13.2 Å². The Hall–Kier alpha value is -3.52. The summed E-state index contributed by atoms with van der Waals surface area (Å²) in [4.78, 5) is 13.2. The minimum Gasteiger partial charge on any atom is -0.492 e. The fourth-order valence-corrected chi connectivity index (χ4v) is 5.55. The van der Waals surface area contributed by atoms with Crippen molar-refractivity contribution in [2.75, 3.05) is 24.0 Å². The van der Waals surface area contributed by atoms with Crippen LogP contribution in [0.5, 0.6) is 11.5 Å². The van der Waals surface area contributed by atoms with Gasteiger partial charge in [0.25, 0.3) is 15.9 Å². The van der Waals surface area contributed by atoms with Crippen LogP contribution in [-0.2, 0) is 20.2 Å². The lowest BCUT2D eigenvalue weighted by Crippen LogP contribution is -2.51. The zero-order valence-corrected chi connectivity index (χ0v) is 22.8. The van der Waals surface area contributed by atoms with E-state index in [1.54, 1.807) is 30.3 Å². The maximum absolute atomic E-state index is 13.8. The van der Waals surface area contributed by atoms with E-state index in [2.05, 4.69) is 26.1 Å². The topological polar surface area (TPSA) is 84.9 Å². The van der Waals surface area contributed by atoms with Crippen molar-refractivity contribution in [3.05, 3.63) is 83.4 Å². The number of aryl methyl sites for hydroxylation is 2. The van der Waals surface area contributed by atoms with Crippen molar-refractivity contribution in [2.45, 2.75) is 51.0 Å². The molecule has 0 fully saturated rings. The fourth-order valence-electron chi connectivity index (χ4n) is 4.08. The standard InChI is InChI=1S/C29H34N2O5S/c1-20-9-12-24(13-10-20)37(33,34)31-19-27(36-26-14-11-22(18-25(26)31)29(3,4)5)28(32)30-15-16-35-23-8-6-7-21(2)17-23/h6-14,17-18,27H,15-16,19H2,1-5H3,(H,30,32). The van der Waals surface area contributed by atoms with Crippen LogP contribution in [0.4, 0.5) is 5.69 Å². The molecule has 0 saturated heterocycles. The molecule has 1 heterocycles.